The van der Waals surface area contributed by atoms with Gasteiger partial charge in [-0.05, 0) is 36.2 Å². The number of para-hydroxylation sites is 2. The first kappa shape index (κ1) is 14.2. The lowest BCUT2D eigenvalue weighted by molar-refractivity contribution is -0.000864. The van der Waals surface area contributed by atoms with E-state index < -0.39 is 0 Å². The molecule has 0 radical (unpaired) electrons. The standard InChI is InChI=1S/C15H19N3O2/c1-2-12-7-9-13(10-8-12)19-11-20-18(17)15-6-4-3-5-14(15)16/h3-10H,2,11,16-17H2,1H3. The third-order valence-corrected chi connectivity index (χ3v) is 2.92. The second kappa shape index (κ2) is 6.79. The third-order valence-electron chi connectivity index (χ3n) is 2.92. The molecule has 0 bridgehead atoms. The third kappa shape index (κ3) is 3.63. The van der Waals surface area contributed by atoms with E-state index in [0.717, 1.165) is 17.3 Å². The van der Waals surface area contributed by atoms with Crippen LogP contribution in [0.3, 0.4) is 0 Å². The number of benzene rings is 2. The molecule has 0 unspecified atom stereocenters. The van der Waals surface area contributed by atoms with Crippen molar-refractivity contribution in [2.75, 3.05) is 17.7 Å². The predicted molar refractivity (Wildman–Crippen MR) is 79.9 cm³/mol. The number of rotatable bonds is 6. The molecule has 5 nitrogen and oxygen atoms in total. The van der Waals surface area contributed by atoms with Crippen molar-refractivity contribution in [3.8, 4) is 5.75 Å². The predicted octanol–water partition coefficient (Wildman–Crippen LogP) is 2.48. The molecule has 0 aromatic heterocycles. The van der Waals surface area contributed by atoms with Crippen molar-refractivity contribution in [1.82, 2.24) is 0 Å². The Bertz CT molecular complexity index is 543. The first-order chi connectivity index (χ1) is 9.70. The van der Waals surface area contributed by atoms with Gasteiger partial charge < -0.3 is 10.5 Å². The molecule has 4 N–H and O–H groups in total. The second-order valence-electron chi connectivity index (χ2n) is 4.27. The van der Waals surface area contributed by atoms with E-state index >= 15 is 0 Å². The van der Waals surface area contributed by atoms with Crippen LogP contribution in [-0.2, 0) is 11.3 Å². The van der Waals surface area contributed by atoms with Gasteiger partial charge in [0.15, 0.2) is 0 Å². The van der Waals surface area contributed by atoms with E-state index in [-0.39, 0.29) is 6.79 Å². The summed E-state index contributed by atoms with van der Waals surface area (Å²) in [5, 5.41) is 1.11. The van der Waals surface area contributed by atoms with E-state index in [1.165, 1.54) is 5.56 Å². The molecule has 0 saturated carbocycles. The molecule has 0 aliphatic carbocycles. The smallest absolute Gasteiger partial charge is 0.215 e. The van der Waals surface area contributed by atoms with Gasteiger partial charge in [0, 0.05) is 0 Å². The fraction of sp³-hybridized carbons (Fsp3) is 0.200. The van der Waals surface area contributed by atoms with E-state index in [1.54, 1.807) is 12.1 Å². The van der Waals surface area contributed by atoms with Crippen molar-refractivity contribution >= 4 is 11.4 Å². The summed E-state index contributed by atoms with van der Waals surface area (Å²) in [7, 11) is 0. The lowest BCUT2D eigenvalue weighted by atomic mass is 10.2. The molecule has 5 heteroatoms. The van der Waals surface area contributed by atoms with Crippen LogP contribution in [0.25, 0.3) is 0 Å². The molecule has 0 atom stereocenters. The van der Waals surface area contributed by atoms with E-state index in [9.17, 15) is 0 Å². The van der Waals surface area contributed by atoms with Gasteiger partial charge in [-0.1, -0.05) is 31.2 Å². The minimum absolute atomic E-state index is 0.0102. The quantitative estimate of drug-likeness (QED) is 0.366. The molecule has 0 spiro atoms. The van der Waals surface area contributed by atoms with Gasteiger partial charge in [-0.3, -0.25) is 0 Å². The highest BCUT2D eigenvalue weighted by Gasteiger charge is 2.05. The maximum Gasteiger partial charge on any atom is 0.215 e. The summed E-state index contributed by atoms with van der Waals surface area (Å²) in [6.07, 6.45) is 1.00. The number of aryl methyl sites for hydroxylation is 1. The molecule has 106 valence electrons. The molecule has 0 aliphatic rings. The number of nitrogens with two attached hydrogens (primary N) is 2. The summed E-state index contributed by atoms with van der Waals surface area (Å²) in [4.78, 5) is 5.28. The Morgan fingerprint density at radius 3 is 2.40 bits per heavy atom. The second-order valence-corrected chi connectivity index (χ2v) is 4.27. The van der Waals surface area contributed by atoms with Crippen molar-refractivity contribution < 1.29 is 9.57 Å². The van der Waals surface area contributed by atoms with E-state index in [0.29, 0.717) is 11.4 Å². The Hall–Kier alpha value is -2.24. The lowest BCUT2D eigenvalue weighted by Gasteiger charge is -2.19. The topological polar surface area (TPSA) is 73.7 Å². The van der Waals surface area contributed by atoms with Crippen molar-refractivity contribution in [2.45, 2.75) is 13.3 Å². The summed E-state index contributed by atoms with van der Waals surface area (Å²) in [6, 6.07) is 15.0. The van der Waals surface area contributed by atoms with Crippen LogP contribution < -0.4 is 21.5 Å². The zero-order chi connectivity index (χ0) is 14.4. The molecular weight excluding hydrogens is 254 g/mol. The summed E-state index contributed by atoms with van der Waals surface area (Å²) >= 11 is 0. The van der Waals surface area contributed by atoms with Crippen LogP contribution in [0.2, 0.25) is 0 Å². The first-order valence-corrected chi connectivity index (χ1v) is 6.44. The molecule has 0 amide bonds. The van der Waals surface area contributed by atoms with Gasteiger partial charge in [0.05, 0.1) is 5.69 Å². The molecule has 2 rings (SSSR count). The summed E-state index contributed by atoms with van der Waals surface area (Å²) in [6.45, 7) is 2.12. The molecule has 0 fully saturated rings. The van der Waals surface area contributed by atoms with Crippen LogP contribution in [0.1, 0.15) is 12.5 Å². The number of hydrogen-bond donors (Lipinski definition) is 2. The molecule has 0 aliphatic heterocycles. The molecule has 20 heavy (non-hydrogen) atoms. The van der Waals surface area contributed by atoms with Gasteiger partial charge in [0.2, 0.25) is 6.79 Å². The van der Waals surface area contributed by atoms with Crippen molar-refractivity contribution in [1.29, 1.82) is 0 Å². The Kier molecular flexibility index (Phi) is 4.81. The SMILES string of the molecule is CCc1ccc(OCON(N)c2ccccc2N)cc1. The minimum atomic E-state index is 0.0102. The van der Waals surface area contributed by atoms with Gasteiger partial charge >= 0.3 is 0 Å². The summed E-state index contributed by atoms with van der Waals surface area (Å²) < 4.78 is 5.45. The normalized spacial score (nSPS) is 10.3. The Labute approximate surface area is 118 Å². The number of anilines is 2. The Morgan fingerprint density at radius 1 is 1.05 bits per heavy atom. The first-order valence-electron chi connectivity index (χ1n) is 6.44. The van der Waals surface area contributed by atoms with Crippen molar-refractivity contribution in [3.05, 3.63) is 54.1 Å². The van der Waals surface area contributed by atoms with Gasteiger partial charge in [-0.15, -0.1) is 0 Å². The minimum Gasteiger partial charge on any atom is -0.465 e. The fourth-order valence-electron chi connectivity index (χ4n) is 1.73. The average Bonchev–Trinajstić information content (AvgIpc) is 2.48. The highest BCUT2D eigenvalue weighted by atomic mass is 16.8. The van der Waals surface area contributed by atoms with Crippen LogP contribution in [0.4, 0.5) is 11.4 Å². The zero-order valence-corrected chi connectivity index (χ0v) is 11.5. The number of nitrogens with zero attached hydrogens (tertiary/aromatic N) is 1. The molecular formula is C15H19N3O2. The maximum atomic E-state index is 5.79. The van der Waals surface area contributed by atoms with Gasteiger partial charge in [0.1, 0.15) is 11.4 Å². The van der Waals surface area contributed by atoms with E-state index in [4.69, 9.17) is 21.2 Å². The van der Waals surface area contributed by atoms with Crippen LogP contribution in [0.15, 0.2) is 48.5 Å². The van der Waals surface area contributed by atoms with Crippen LogP contribution in [0, 0.1) is 0 Å². The van der Waals surface area contributed by atoms with E-state index in [2.05, 4.69) is 6.92 Å². The van der Waals surface area contributed by atoms with Crippen LogP contribution in [-0.4, -0.2) is 6.79 Å². The largest absolute Gasteiger partial charge is 0.465 e. The van der Waals surface area contributed by atoms with Gasteiger partial charge in [0.25, 0.3) is 0 Å². The molecule has 0 saturated heterocycles. The van der Waals surface area contributed by atoms with Crippen LogP contribution >= 0.6 is 0 Å². The number of hydrogen-bond acceptors (Lipinski definition) is 5. The zero-order valence-electron chi connectivity index (χ0n) is 11.5. The van der Waals surface area contributed by atoms with Gasteiger partial charge in [-0.2, -0.15) is 5.17 Å². The highest BCUT2D eigenvalue weighted by Crippen LogP contribution is 2.20. The summed E-state index contributed by atoms with van der Waals surface area (Å²) in [5.41, 5.74) is 8.19. The number of nitrogen functional groups attached to an aromatic ring is 1. The van der Waals surface area contributed by atoms with E-state index in [1.807, 2.05) is 36.4 Å². The number of hydrazine groups is 1. The average molecular weight is 273 g/mol. The maximum absolute atomic E-state index is 5.79. The van der Waals surface area contributed by atoms with Gasteiger partial charge in [-0.25, -0.2) is 10.7 Å². The van der Waals surface area contributed by atoms with Crippen LogP contribution in [0.5, 0.6) is 5.75 Å². The van der Waals surface area contributed by atoms with Crippen molar-refractivity contribution in [2.24, 2.45) is 5.84 Å². The molecule has 2 aromatic carbocycles. The monoisotopic (exact) mass is 273 g/mol. The lowest BCUT2D eigenvalue weighted by Crippen LogP contribution is -2.33. The highest BCUT2D eigenvalue weighted by molar-refractivity contribution is 5.65. The molecule has 0 heterocycles. The Balaban J connectivity index is 1.84. The fourth-order valence-corrected chi connectivity index (χ4v) is 1.73. The number of ether oxygens (including phenoxy) is 1. The van der Waals surface area contributed by atoms with Crippen molar-refractivity contribution in [3.63, 3.8) is 0 Å². The summed E-state index contributed by atoms with van der Waals surface area (Å²) in [5.74, 6) is 6.49. The molecule has 2 aromatic rings. The Morgan fingerprint density at radius 2 is 1.75 bits per heavy atom.